The van der Waals surface area contributed by atoms with E-state index in [-0.39, 0.29) is 23.5 Å². The smallest absolute Gasteiger partial charge is 0.233 e. The summed E-state index contributed by atoms with van der Waals surface area (Å²) in [7, 11) is 3.20. The number of carbonyl (C=O) groups is 2. The van der Waals surface area contributed by atoms with Gasteiger partial charge in [0.25, 0.3) is 0 Å². The van der Waals surface area contributed by atoms with Gasteiger partial charge in [0.15, 0.2) is 5.78 Å². The predicted molar refractivity (Wildman–Crippen MR) is 110 cm³/mol. The number of rotatable bonds is 7. The molecule has 0 bridgehead atoms. The molecule has 1 aliphatic heterocycles. The molecule has 1 fully saturated rings. The average Bonchev–Trinajstić information content (AvgIpc) is 3.21. The van der Waals surface area contributed by atoms with Crippen molar-refractivity contribution < 1.29 is 23.5 Å². The first kappa shape index (κ1) is 21.2. The van der Waals surface area contributed by atoms with E-state index in [1.54, 1.807) is 26.4 Å². The molecule has 1 atom stereocenters. The topological polar surface area (TPSA) is 55.8 Å². The van der Waals surface area contributed by atoms with Crippen molar-refractivity contribution in [2.45, 2.75) is 30.7 Å². The summed E-state index contributed by atoms with van der Waals surface area (Å²) in [5, 5.41) is 0. The summed E-state index contributed by atoms with van der Waals surface area (Å²) >= 11 is 1.15. The molecule has 5 nitrogen and oxygen atoms in total. The van der Waals surface area contributed by atoms with Crippen LogP contribution in [0.2, 0.25) is 0 Å². The molecular formula is C22H24FNO4S. The zero-order valence-corrected chi connectivity index (χ0v) is 17.6. The Morgan fingerprint density at radius 3 is 2.62 bits per heavy atom. The first-order chi connectivity index (χ1) is 13.9. The number of thioether (sulfide) groups is 1. The second kappa shape index (κ2) is 9.31. The highest BCUT2D eigenvalue weighted by atomic mass is 32.2. The number of likely N-dealkylation sites (tertiary alicyclic amines) is 1. The van der Waals surface area contributed by atoms with Gasteiger partial charge in [-0.15, -0.1) is 11.8 Å². The lowest BCUT2D eigenvalue weighted by Crippen LogP contribution is -2.32. The summed E-state index contributed by atoms with van der Waals surface area (Å²) in [6.07, 6.45) is 1.75. The quantitative estimate of drug-likeness (QED) is 0.490. The highest BCUT2D eigenvalue weighted by molar-refractivity contribution is 8.00. The molecule has 1 unspecified atom stereocenters. The number of Topliss-reactive ketones (excluding diaryl/α,β-unsaturated/α-hetero) is 1. The number of carbonyl (C=O) groups excluding carboxylic acids is 2. The van der Waals surface area contributed by atoms with Gasteiger partial charge in [0.2, 0.25) is 5.91 Å². The zero-order valence-electron chi connectivity index (χ0n) is 16.7. The molecule has 154 valence electrons. The molecule has 3 rings (SSSR count). The standard InChI is InChI=1S/C22H24FNO4S/c1-14(25)15-6-9-21(18(23)11-15)29-13-22(26)24-10-4-5-19(24)17-8-7-16(27-2)12-20(17)28-3/h6-9,11-12,19H,4-5,10,13H2,1-3H3. The molecule has 0 radical (unpaired) electrons. The van der Waals surface area contributed by atoms with Crippen molar-refractivity contribution in [3.63, 3.8) is 0 Å². The van der Waals surface area contributed by atoms with Crippen LogP contribution in [0.1, 0.15) is 41.7 Å². The van der Waals surface area contributed by atoms with Gasteiger partial charge in [-0.2, -0.15) is 0 Å². The van der Waals surface area contributed by atoms with Gasteiger partial charge in [-0.3, -0.25) is 9.59 Å². The van der Waals surface area contributed by atoms with Crippen molar-refractivity contribution in [2.24, 2.45) is 0 Å². The number of hydrogen-bond donors (Lipinski definition) is 0. The normalized spacial score (nSPS) is 16.0. The lowest BCUT2D eigenvalue weighted by atomic mass is 10.0. The van der Waals surface area contributed by atoms with Crippen LogP contribution in [-0.4, -0.2) is 43.1 Å². The van der Waals surface area contributed by atoms with E-state index in [0.717, 1.165) is 30.2 Å². The molecule has 0 saturated carbocycles. The molecule has 1 amide bonds. The Morgan fingerprint density at radius 2 is 1.97 bits per heavy atom. The molecule has 7 heteroatoms. The van der Waals surface area contributed by atoms with E-state index in [1.165, 1.54) is 13.0 Å². The SMILES string of the molecule is COc1ccc(C2CCCN2C(=O)CSc2ccc(C(C)=O)cc2F)c(OC)c1. The molecule has 0 spiro atoms. The molecule has 1 heterocycles. The fourth-order valence-corrected chi connectivity index (χ4v) is 4.35. The van der Waals surface area contributed by atoms with Gasteiger partial charge in [-0.25, -0.2) is 4.39 Å². The van der Waals surface area contributed by atoms with Crippen LogP contribution in [-0.2, 0) is 4.79 Å². The van der Waals surface area contributed by atoms with Crippen LogP contribution in [0.15, 0.2) is 41.3 Å². The van der Waals surface area contributed by atoms with Crippen LogP contribution in [0.4, 0.5) is 4.39 Å². The average molecular weight is 418 g/mol. The van der Waals surface area contributed by atoms with Crippen molar-refractivity contribution in [3.05, 3.63) is 53.3 Å². The van der Waals surface area contributed by atoms with Crippen molar-refractivity contribution in [1.82, 2.24) is 4.90 Å². The molecular weight excluding hydrogens is 393 g/mol. The molecule has 2 aromatic rings. The summed E-state index contributed by atoms with van der Waals surface area (Å²) in [6, 6.07) is 9.89. The van der Waals surface area contributed by atoms with Gasteiger partial charge in [0.05, 0.1) is 26.0 Å². The van der Waals surface area contributed by atoms with Crippen molar-refractivity contribution >= 4 is 23.5 Å². The van der Waals surface area contributed by atoms with Gasteiger partial charge in [0.1, 0.15) is 17.3 Å². The molecule has 0 N–H and O–H groups in total. The van der Waals surface area contributed by atoms with Gasteiger partial charge in [-0.1, -0.05) is 6.07 Å². The van der Waals surface area contributed by atoms with E-state index in [4.69, 9.17) is 9.47 Å². The zero-order chi connectivity index (χ0) is 21.0. The van der Waals surface area contributed by atoms with Gasteiger partial charge in [0, 0.05) is 28.6 Å². The number of ether oxygens (including phenoxy) is 2. The Hall–Kier alpha value is -2.54. The van der Waals surface area contributed by atoms with Gasteiger partial charge in [-0.05, 0) is 44.0 Å². The summed E-state index contributed by atoms with van der Waals surface area (Å²) < 4.78 is 25.0. The summed E-state index contributed by atoms with van der Waals surface area (Å²) in [4.78, 5) is 26.4. The minimum atomic E-state index is -0.481. The third-order valence-electron chi connectivity index (χ3n) is 5.06. The van der Waals surface area contributed by atoms with Crippen LogP contribution >= 0.6 is 11.8 Å². The Bertz CT molecular complexity index is 918. The van der Waals surface area contributed by atoms with Crippen LogP contribution in [0.25, 0.3) is 0 Å². The fourth-order valence-electron chi connectivity index (χ4n) is 3.54. The maximum Gasteiger partial charge on any atom is 0.233 e. The third-order valence-corrected chi connectivity index (χ3v) is 6.10. The Kier molecular flexibility index (Phi) is 6.79. The van der Waals surface area contributed by atoms with Crippen LogP contribution in [0.3, 0.4) is 0 Å². The highest BCUT2D eigenvalue weighted by Gasteiger charge is 2.32. The molecule has 29 heavy (non-hydrogen) atoms. The number of methoxy groups -OCH3 is 2. The Labute approximate surface area is 174 Å². The lowest BCUT2D eigenvalue weighted by Gasteiger charge is -2.26. The van der Waals surface area contributed by atoms with Crippen molar-refractivity contribution in [3.8, 4) is 11.5 Å². The van der Waals surface area contributed by atoms with E-state index >= 15 is 0 Å². The number of hydrogen-bond acceptors (Lipinski definition) is 5. The molecule has 1 aliphatic rings. The van der Waals surface area contributed by atoms with Crippen molar-refractivity contribution in [1.29, 1.82) is 0 Å². The number of ketones is 1. The van der Waals surface area contributed by atoms with E-state index < -0.39 is 5.82 Å². The number of benzene rings is 2. The number of halogens is 1. The second-order valence-corrected chi connectivity index (χ2v) is 7.86. The summed E-state index contributed by atoms with van der Waals surface area (Å²) in [6.45, 7) is 2.05. The number of amides is 1. The van der Waals surface area contributed by atoms with E-state index in [1.807, 2.05) is 23.1 Å². The lowest BCUT2D eigenvalue weighted by molar-refractivity contribution is -0.129. The van der Waals surface area contributed by atoms with Crippen LogP contribution < -0.4 is 9.47 Å². The largest absolute Gasteiger partial charge is 0.497 e. The maximum absolute atomic E-state index is 14.2. The van der Waals surface area contributed by atoms with E-state index in [9.17, 15) is 14.0 Å². The summed E-state index contributed by atoms with van der Waals surface area (Å²) in [5.41, 5.74) is 1.27. The van der Waals surface area contributed by atoms with Crippen LogP contribution in [0.5, 0.6) is 11.5 Å². The van der Waals surface area contributed by atoms with E-state index in [2.05, 4.69) is 0 Å². The second-order valence-electron chi connectivity index (χ2n) is 6.84. The summed E-state index contributed by atoms with van der Waals surface area (Å²) in [5.74, 6) is 0.792. The van der Waals surface area contributed by atoms with Crippen molar-refractivity contribution in [2.75, 3.05) is 26.5 Å². The van der Waals surface area contributed by atoms with Gasteiger partial charge >= 0.3 is 0 Å². The Balaban J connectivity index is 1.72. The Morgan fingerprint density at radius 1 is 1.17 bits per heavy atom. The minimum Gasteiger partial charge on any atom is -0.497 e. The van der Waals surface area contributed by atoms with Crippen LogP contribution in [0, 0.1) is 5.82 Å². The first-order valence-electron chi connectivity index (χ1n) is 9.39. The van der Waals surface area contributed by atoms with E-state index in [0.29, 0.717) is 28.5 Å². The minimum absolute atomic E-state index is 0.0505. The maximum atomic E-state index is 14.2. The first-order valence-corrected chi connectivity index (χ1v) is 10.4. The molecule has 1 saturated heterocycles. The fraction of sp³-hybridized carbons (Fsp3) is 0.364. The predicted octanol–water partition coefficient (Wildman–Crippen LogP) is 4.50. The highest BCUT2D eigenvalue weighted by Crippen LogP contribution is 2.39. The van der Waals surface area contributed by atoms with Gasteiger partial charge < -0.3 is 14.4 Å². The number of nitrogens with zero attached hydrogens (tertiary/aromatic N) is 1. The molecule has 2 aromatic carbocycles. The third kappa shape index (κ3) is 4.72. The monoisotopic (exact) mass is 417 g/mol. The molecule has 0 aromatic heterocycles. The molecule has 0 aliphatic carbocycles.